The minimum Gasteiger partial charge on any atom is -0.506 e. The Hall–Kier alpha value is -2.30. The van der Waals surface area contributed by atoms with E-state index in [1.54, 1.807) is 12.3 Å². The van der Waals surface area contributed by atoms with Crippen molar-refractivity contribution in [1.29, 1.82) is 0 Å². The smallest absolute Gasteiger partial charge is 0.141 e. The van der Waals surface area contributed by atoms with Crippen LogP contribution in [0.5, 0.6) is 5.75 Å². The van der Waals surface area contributed by atoms with Crippen molar-refractivity contribution in [2.24, 2.45) is 0 Å². The fourth-order valence-electron chi connectivity index (χ4n) is 2.56. The first kappa shape index (κ1) is 19.7. The fraction of sp³-hybridized carbons (Fsp3) is 0.211. The molecule has 0 aliphatic heterocycles. The van der Waals surface area contributed by atoms with Gasteiger partial charge in [-0.1, -0.05) is 37.6 Å². The lowest BCUT2D eigenvalue weighted by Gasteiger charge is -2.10. The van der Waals surface area contributed by atoms with Crippen molar-refractivity contribution in [2.75, 3.05) is 5.32 Å². The lowest BCUT2D eigenvalue weighted by atomic mass is 10.1. The first-order valence-electron chi connectivity index (χ1n) is 7.70. The predicted octanol–water partition coefficient (Wildman–Crippen LogP) is 4.62. The van der Waals surface area contributed by atoms with Gasteiger partial charge in [0.25, 0.3) is 0 Å². The Kier molecular flexibility index (Phi) is 7.49. The number of aromatic nitrogens is 1. The summed E-state index contributed by atoms with van der Waals surface area (Å²) < 4.78 is 0. The molecule has 0 aliphatic rings. The number of benzene rings is 2. The van der Waals surface area contributed by atoms with E-state index in [0.717, 1.165) is 23.2 Å². The van der Waals surface area contributed by atoms with Gasteiger partial charge in [0.15, 0.2) is 0 Å². The summed E-state index contributed by atoms with van der Waals surface area (Å²) in [5, 5.41) is 14.2. The molecule has 4 N–H and O–H groups in total. The molecular formula is C19H23ClN2O2. The zero-order valence-electron chi connectivity index (χ0n) is 13.6. The van der Waals surface area contributed by atoms with Crippen LogP contribution in [0.4, 0.5) is 11.4 Å². The number of pyridine rings is 1. The Bertz CT molecular complexity index is 776. The summed E-state index contributed by atoms with van der Waals surface area (Å²) >= 11 is 0. The van der Waals surface area contributed by atoms with Crippen molar-refractivity contribution >= 4 is 34.7 Å². The number of nitrogens with zero attached hydrogens (tertiary/aromatic N) is 1. The molecule has 0 fully saturated rings. The maximum atomic E-state index is 9.89. The Labute approximate surface area is 148 Å². The van der Waals surface area contributed by atoms with Crippen LogP contribution in [0, 0.1) is 0 Å². The minimum atomic E-state index is 0. The molecule has 24 heavy (non-hydrogen) atoms. The molecule has 128 valence electrons. The van der Waals surface area contributed by atoms with Gasteiger partial charge in [0.05, 0.1) is 0 Å². The molecule has 2 aromatic carbocycles. The maximum absolute atomic E-state index is 9.89. The highest BCUT2D eigenvalue weighted by atomic mass is 35.5. The summed E-state index contributed by atoms with van der Waals surface area (Å²) in [4.78, 5) is 4.24. The molecule has 0 atom stereocenters. The molecular weight excluding hydrogens is 324 g/mol. The quantitative estimate of drug-likeness (QED) is 0.707. The number of halogens is 1. The predicted molar refractivity (Wildman–Crippen MR) is 103 cm³/mol. The highest BCUT2D eigenvalue weighted by Crippen LogP contribution is 2.29. The van der Waals surface area contributed by atoms with E-state index < -0.39 is 0 Å². The van der Waals surface area contributed by atoms with Crippen molar-refractivity contribution in [3.8, 4) is 5.75 Å². The minimum absolute atomic E-state index is 0. The second kappa shape index (κ2) is 9.11. The molecule has 0 radical (unpaired) electrons. The zero-order chi connectivity index (χ0) is 15.4. The Balaban J connectivity index is 0.00000144. The molecule has 0 saturated heterocycles. The number of para-hydroxylation sites is 1. The summed E-state index contributed by atoms with van der Waals surface area (Å²) in [6.45, 7) is 2.21. The van der Waals surface area contributed by atoms with Gasteiger partial charge >= 0.3 is 0 Å². The lowest BCUT2D eigenvalue weighted by molar-refractivity contribution is 0.480. The number of hydrogen-bond donors (Lipinski definition) is 2. The van der Waals surface area contributed by atoms with Gasteiger partial charge in [0.1, 0.15) is 11.3 Å². The monoisotopic (exact) mass is 346 g/mol. The molecule has 0 bridgehead atoms. The highest BCUT2D eigenvalue weighted by molar-refractivity contribution is 5.95. The molecule has 5 heteroatoms. The third kappa shape index (κ3) is 4.37. The fourth-order valence-corrected chi connectivity index (χ4v) is 2.56. The molecule has 0 aliphatic carbocycles. The number of phenols is 1. The van der Waals surface area contributed by atoms with Crippen LogP contribution < -0.4 is 5.32 Å². The standard InChI is InChI=1S/C19H20N2O.ClH.H2O/c1-2-3-5-14-8-10-15(11-9-14)21-17-12-13-20-19-16(17)6-4-7-18(19)22;;/h4,6-13,22H,2-3,5H2,1H3,(H,20,21);1H;1H2. The van der Waals surface area contributed by atoms with E-state index in [1.165, 1.54) is 18.4 Å². The van der Waals surface area contributed by atoms with Gasteiger partial charge in [-0.25, -0.2) is 0 Å². The van der Waals surface area contributed by atoms with Crippen LogP contribution in [0.3, 0.4) is 0 Å². The summed E-state index contributed by atoms with van der Waals surface area (Å²) in [5.41, 5.74) is 3.97. The Morgan fingerprint density at radius 3 is 2.50 bits per heavy atom. The van der Waals surface area contributed by atoms with Crippen LogP contribution >= 0.6 is 12.4 Å². The SMILES string of the molecule is CCCCc1ccc(Nc2ccnc3c(O)cccc23)cc1.Cl.O. The Morgan fingerprint density at radius 1 is 1.04 bits per heavy atom. The summed E-state index contributed by atoms with van der Waals surface area (Å²) in [7, 11) is 0. The largest absolute Gasteiger partial charge is 0.506 e. The number of hydrogen-bond acceptors (Lipinski definition) is 3. The first-order chi connectivity index (χ1) is 10.8. The number of rotatable bonds is 5. The number of aromatic hydroxyl groups is 1. The number of phenolic OH excluding ortho intramolecular Hbond substituents is 1. The summed E-state index contributed by atoms with van der Waals surface area (Å²) in [6, 6.07) is 15.9. The molecule has 1 aromatic heterocycles. The van der Waals surface area contributed by atoms with Gasteiger partial charge in [-0.3, -0.25) is 4.98 Å². The normalized spacial score (nSPS) is 9.88. The van der Waals surface area contributed by atoms with Crippen LogP contribution in [-0.2, 0) is 6.42 Å². The molecule has 0 unspecified atom stereocenters. The van der Waals surface area contributed by atoms with E-state index in [2.05, 4.69) is 41.5 Å². The molecule has 4 nitrogen and oxygen atoms in total. The van der Waals surface area contributed by atoms with Crippen LogP contribution in [0.1, 0.15) is 25.3 Å². The van der Waals surface area contributed by atoms with Crippen molar-refractivity contribution in [1.82, 2.24) is 4.98 Å². The molecule has 3 aromatic rings. The van der Waals surface area contributed by atoms with E-state index in [1.807, 2.05) is 18.2 Å². The Morgan fingerprint density at radius 2 is 1.79 bits per heavy atom. The topological polar surface area (TPSA) is 76.7 Å². The van der Waals surface area contributed by atoms with E-state index in [9.17, 15) is 5.11 Å². The number of nitrogens with one attached hydrogen (secondary N) is 1. The van der Waals surface area contributed by atoms with Crippen molar-refractivity contribution < 1.29 is 10.6 Å². The maximum Gasteiger partial charge on any atom is 0.141 e. The molecule has 3 rings (SSSR count). The second-order valence-corrected chi connectivity index (χ2v) is 5.46. The molecule has 0 saturated carbocycles. The van der Waals surface area contributed by atoms with Gasteiger partial charge in [-0.2, -0.15) is 0 Å². The summed E-state index contributed by atoms with van der Waals surface area (Å²) in [6.07, 6.45) is 5.27. The third-order valence-electron chi connectivity index (χ3n) is 3.80. The number of fused-ring (bicyclic) bond motifs is 1. The van der Waals surface area contributed by atoms with Crippen molar-refractivity contribution in [2.45, 2.75) is 26.2 Å². The van der Waals surface area contributed by atoms with Crippen LogP contribution in [0.25, 0.3) is 10.9 Å². The first-order valence-corrected chi connectivity index (χ1v) is 7.70. The second-order valence-electron chi connectivity index (χ2n) is 5.46. The van der Waals surface area contributed by atoms with Crippen LogP contribution in [-0.4, -0.2) is 15.6 Å². The van der Waals surface area contributed by atoms with Crippen molar-refractivity contribution in [3.63, 3.8) is 0 Å². The van der Waals surface area contributed by atoms with Gasteiger partial charge in [0, 0.05) is 23.0 Å². The van der Waals surface area contributed by atoms with E-state index in [-0.39, 0.29) is 23.6 Å². The van der Waals surface area contributed by atoms with Crippen LogP contribution in [0.15, 0.2) is 54.7 Å². The summed E-state index contributed by atoms with van der Waals surface area (Å²) in [5.74, 6) is 0.205. The lowest BCUT2D eigenvalue weighted by Crippen LogP contribution is -1.93. The van der Waals surface area contributed by atoms with Gasteiger partial charge in [0.2, 0.25) is 0 Å². The number of unbranched alkanes of at least 4 members (excludes halogenated alkanes) is 1. The highest BCUT2D eigenvalue weighted by Gasteiger charge is 2.05. The molecule has 0 amide bonds. The van der Waals surface area contributed by atoms with E-state index >= 15 is 0 Å². The average Bonchev–Trinajstić information content (AvgIpc) is 2.55. The van der Waals surface area contributed by atoms with Gasteiger partial charge in [-0.05, 0) is 42.7 Å². The van der Waals surface area contributed by atoms with E-state index in [4.69, 9.17) is 0 Å². The zero-order valence-corrected chi connectivity index (χ0v) is 14.4. The van der Waals surface area contributed by atoms with Gasteiger partial charge < -0.3 is 15.9 Å². The number of aryl methyl sites for hydroxylation is 1. The number of anilines is 2. The average molecular weight is 347 g/mol. The molecule has 0 spiro atoms. The van der Waals surface area contributed by atoms with Crippen molar-refractivity contribution in [3.05, 3.63) is 60.3 Å². The molecule has 1 heterocycles. The van der Waals surface area contributed by atoms with Crippen LogP contribution in [0.2, 0.25) is 0 Å². The van der Waals surface area contributed by atoms with Gasteiger partial charge in [-0.15, -0.1) is 12.4 Å². The third-order valence-corrected chi connectivity index (χ3v) is 3.80. The van der Waals surface area contributed by atoms with E-state index in [0.29, 0.717) is 5.52 Å².